The van der Waals surface area contributed by atoms with Gasteiger partial charge >= 0.3 is 0 Å². The summed E-state index contributed by atoms with van der Waals surface area (Å²) in [6, 6.07) is 16.7. The predicted molar refractivity (Wildman–Crippen MR) is 130 cm³/mol. The lowest BCUT2D eigenvalue weighted by atomic mass is 10.1. The largest absolute Gasteiger partial charge is 0.369 e. The molecule has 0 bridgehead atoms. The van der Waals surface area contributed by atoms with Gasteiger partial charge in [-0.25, -0.2) is 4.39 Å². The summed E-state index contributed by atoms with van der Waals surface area (Å²) in [5.41, 5.74) is 4.35. The molecule has 170 valence electrons. The third-order valence-electron chi connectivity index (χ3n) is 6.00. The first-order valence-corrected chi connectivity index (χ1v) is 12.2. The van der Waals surface area contributed by atoms with Crippen LogP contribution in [-0.4, -0.2) is 58.7 Å². The number of halogens is 1. The standard InChI is InChI=1S/C25H26FN5OS/c1-18-22-24(32-29-18)23(19-6-3-2-4-7-19)27-28-25(22)33-17-5-12-30-13-15-31(16-14-30)21-10-8-20(26)9-11-21/h2-4,6-11H,5,12-17H2,1H3. The minimum Gasteiger partial charge on any atom is -0.369 e. The van der Waals surface area contributed by atoms with Crippen molar-refractivity contribution >= 4 is 28.4 Å². The van der Waals surface area contributed by atoms with Gasteiger partial charge in [0, 0.05) is 43.2 Å². The summed E-state index contributed by atoms with van der Waals surface area (Å²) in [4.78, 5) is 4.81. The second-order valence-electron chi connectivity index (χ2n) is 8.20. The van der Waals surface area contributed by atoms with Gasteiger partial charge in [-0.3, -0.25) is 4.90 Å². The molecule has 0 spiro atoms. The number of hydrogen-bond acceptors (Lipinski definition) is 7. The number of piperazine rings is 1. The zero-order valence-corrected chi connectivity index (χ0v) is 19.4. The molecule has 5 rings (SSSR count). The van der Waals surface area contributed by atoms with E-state index < -0.39 is 0 Å². The molecule has 0 radical (unpaired) electrons. The van der Waals surface area contributed by atoms with Gasteiger partial charge < -0.3 is 9.42 Å². The van der Waals surface area contributed by atoms with Gasteiger partial charge in [0.15, 0.2) is 5.58 Å². The molecule has 4 aromatic rings. The van der Waals surface area contributed by atoms with E-state index in [2.05, 4.69) is 25.2 Å². The van der Waals surface area contributed by atoms with Crippen LogP contribution in [0.4, 0.5) is 10.1 Å². The van der Waals surface area contributed by atoms with E-state index in [1.54, 1.807) is 11.8 Å². The molecule has 1 fully saturated rings. The molecule has 0 N–H and O–H groups in total. The van der Waals surface area contributed by atoms with Gasteiger partial charge in [-0.1, -0.05) is 35.5 Å². The number of anilines is 1. The van der Waals surface area contributed by atoms with Crippen molar-refractivity contribution in [2.75, 3.05) is 43.4 Å². The Balaban J connectivity index is 1.15. The van der Waals surface area contributed by atoms with Crippen molar-refractivity contribution in [2.24, 2.45) is 0 Å². The number of thioether (sulfide) groups is 1. The van der Waals surface area contributed by atoms with Crippen molar-refractivity contribution in [3.63, 3.8) is 0 Å². The fraction of sp³-hybridized carbons (Fsp3) is 0.320. The number of aryl methyl sites for hydroxylation is 1. The smallest absolute Gasteiger partial charge is 0.197 e. The van der Waals surface area contributed by atoms with Gasteiger partial charge in [0.2, 0.25) is 0 Å². The average molecular weight is 464 g/mol. The number of benzene rings is 2. The molecule has 1 aliphatic heterocycles. The maximum Gasteiger partial charge on any atom is 0.197 e. The summed E-state index contributed by atoms with van der Waals surface area (Å²) in [6.45, 7) is 6.96. The van der Waals surface area contributed by atoms with E-state index in [1.807, 2.05) is 49.4 Å². The highest BCUT2D eigenvalue weighted by molar-refractivity contribution is 7.99. The first-order valence-electron chi connectivity index (χ1n) is 11.2. The molecule has 8 heteroatoms. The Kier molecular flexibility index (Phi) is 6.55. The van der Waals surface area contributed by atoms with Crippen LogP contribution in [0, 0.1) is 12.7 Å². The van der Waals surface area contributed by atoms with Crippen LogP contribution in [0.2, 0.25) is 0 Å². The van der Waals surface area contributed by atoms with Gasteiger partial charge in [-0.15, -0.1) is 22.0 Å². The van der Waals surface area contributed by atoms with Gasteiger partial charge in [0.1, 0.15) is 16.5 Å². The Morgan fingerprint density at radius 1 is 0.970 bits per heavy atom. The Bertz CT molecular complexity index is 1210. The maximum absolute atomic E-state index is 13.2. The molecule has 3 heterocycles. The molecule has 0 atom stereocenters. The Hall–Kier alpha value is -2.97. The highest BCUT2D eigenvalue weighted by Gasteiger charge is 2.19. The lowest BCUT2D eigenvalue weighted by molar-refractivity contribution is 0.259. The van der Waals surface area contributed by atoms with Crippen LogP contribution in [-0.2, 0) is 0 Å². The Morgan fingerprint density at radius 2 is 1.73 bits per heavy atom. The zero-order chi connectivity index (χ0) is 22.6. The summed E-state index contributed by atoms with van der Waals surface area (Å²) in [6.07, 6.45) is 1.06. The van der Waals surface area contributed by atoms with Crippen LogP contribution < -0.4 is 4.90 Å². The number of aromatic nitrogens is 3. The van der Waals surface area contributed by atoms with Crippen LogP contribution in [0.3, 0.4) is 0 Å². The van der Waals surface area contributed by atoms with Crippen LogP contribution in [0.15, 0.2) is 64.1 Å². The van der Waals surface area contributed by atoms with E-state index in [9.17, 15) is 4.39 Å². The molecule has 2 aromatic heterocycles. The molecule has 0 amide bonds. The van der Waals surface area contributed by atoms with Gasteiger partial charge in [0.05, 0.1) is 11.1 Å². The molecule has 1 aliphatic rings. The van der Waals surface area contributed by atoms with Crippen molar-refractivity contribution in [2.45, 2.75) is 18.4 Å². The lowest BCUT2D eigenvalue weighted by Gasteiger charge is -2.36. The molecule has 0 unspecified atom stereocenters. The summed E-state index contributed by atoms with van der Waals surface area (Å²) in [7, 11) is 0. The van der Waals surface area contributed by atoms with Crippen LogP contribution in [0.25, 0.3) is 22.2 Å². The summed E-state index contributed by atoms with van der Waals surface area (Å²) in [5.74, 6) is 0.769. The monoisotopic (exact) mass is 463 g/mol. The summed E-state index contributed by atoms with van der Waals surface area (Å²) >= 11 is 1.71. The fourth-order valence-electron chi connectivity index (χ4n) is 4.20. The quantitative estimate of drug-likeness (QED) is 0.281. The maximum atomic E-state index is 13.2. The molecule has 33 heavy (non-hydrogen) atoms. The van der Waals surface area contributed by atoms with E-state index >= 15 is 0 Å². The second-order valence-corrected chi connectivity index (χ2v) is 9.28. The van der Waals surface area contributed by atoms with Crippen molar-refractivity contribution < 1.29 is 8.91 Å². The molecule has 0 aliphatic carbocycles. The highest BCUT2D eigenvalue weighted by Crippen LogP contribution is 2.33. The number of rotatable bonds is 7. The van der Waals surface area contributed by atoms with Gasteiger partial charge in [-0.05, 0) is 44.2 Å². The second kappa shape index (κ2) is 9.89. The molecule has 0 saturated carbocycles. The molecule has 2 aromatic carbocycles. The Morgan fingerprint density at radius 3 is 2.48 bits per heavy atom. The van der Waals surface area contributed by atoms with Crippen LogP contribution in [0.5, 0.6) is 0 Å². The number of hydrogen-bond donors (Lipinski definition) is 0. The predicted octanol–water partition coefficient (Wildman–Crippen LogP) is 5.04. The Labute approximate surface area is 196 Å². The van der Waals surface area contributed by atoms with Crippen molar-refractivity contribution in [3.8, 4) is 11.3 Å². The summed E-state index contributed by atoms with van der Waals surface area (Å²) in [5, 5.41) is 15.0. The first-order chi connectivity index (χ1) is 16.2. The van der Waals surface area contributed by atoms with E-state index in [4.69, 9.17) is 4.52 Å². The number of fused-ring (bicyclic) bond motifs is 1. The number of nitrogens with zero attached hydrogens (tertiary/aromatic N) is 5. The minimum absolute atomic E-state index is 0.187. The van der Waals surface area contributed by atoms with Crippen molar-refractivity contribution in [3.05, 3.63) is 66.1 Å². The van der Waals surface area contributed by atoms with E-state index in [-0.39, 0.29) is 5.82 Å². The van der Waals surface area contributed by atoms with Crippen molar-refractivity contribution in [1.82, 2.24) is 20.3 Å². The van der Waals surface area contributed by atoms with Gasteiger partial charge in [-0.2, -0.15) is 0 Å². The molecule has 1 saturated heterocycles. The van der Waals surface area contributed by atoms with Crippen molar-refractivity contribution in [1.29, 1.82) is 0 Å². The third kappa shape index (κ3) is 4.86. The SMILES string of the molecule is Cc1noc2c(-c3ccccc3)nnc(SCCCN3CCN(c4ccc(F)cc4)CC3)c12. The van der Waals surface area contributed by atoms with E-state index in [0.717, 1.165) is 77.9 Å². The lowest BCUT2D eigenvalue weighted by Crippen LogP contribution is -2.46. The van der Waals surface area contributed by atoms with E-state index in [1.165, 1.54) is 12.1 Å². The van der Waals surface area contributed by atoms with Gasteiger partial charge in [0.25, 0.3) is 0 Å². The molecule has 6 nitrogen and oxygen atoms in total. The van der Waals surface area contributed by atoms with Crippen LogP contribution in [0.1, 0.15) is 12.1 Å². The highest BCUT2D eigenvalue weighted by atomic mass is 32.2. The minimum atomic E-state index is -0.187. The summed E-state index contributed by atoms with van der Waals surface area (Å²) < 4.78 is 18.8. The molecular weight excluding hydrogens is 437 g/mol. The normalized spacial score (nSPS) is 14.8. The first kappa shape index (κ1) is 21.9. The van der Waals surface area contributed by atoms with E-state index in [0.29, 0.717) is 5.58 Å². The third-order valence-corrected chi connectivity index (χ3v) is 7.05. The topological polar surface area (TPSA) is 58.3 Å². The van der Waals surface area contributed by atoms with Crippen LogP contribution >= 0.6 is 11.8 Å². The molecular formula is C25H26FN5OS. The fourth-order valence-corrected chi connectivity index (χ4v) is 5.15. The zero-order valence-electron chi connectivity index (χ0n) is 18.6. The average Bonchev–Trinajstić information content (AvgIpc) is 3.25.